The fraction of sp³-hybridized carbons (Fsp3) is 1.00. The number of aliphatic hydroxyl groups excluding tert-OH is 1. The molecule has 2 atom stereocenters. The molecule has 0 radical (unpaired) electrons. The Morgan fingerprint density at radius 3 is 2.45 bits per heavy atom. The Labute approximate surface area is 125 Å². The van der Waals surface area contributed by atoms with E-state index in [0.717, 1.165) is 25.9 Å². The summed E-state index contributed by atoms with van der Waals surface area (Å²) in [5.74, 6) is 0. The molecule has 0 bridgehead atoms. The number of nitrogens with one attached hydrogen (secondary N) is 1. The van der Waals surface area contributed by atoms with E-state index < -0.39 is 0 Å². The molecule has 0 aromatic heterocycles. The Bertz CT molecular complexity index is 270. The first-order valence-corrected chi connectivity index (χ1v) is 8.20. The normalized spacial score (nSPS) is 27.1. The van der Waals surface area contributed by atoms with Crippen LogP contribution in [0.15, 0.2) is 0 Å². The first kappa shape index (κ1) is 17.9. The largest absolute Gasteiger partial charge is 0.394 e. The summed E-state index contributed by atoms with van der Waals surface area (Å²) in [5, 5.41) is 13.4. The summed E-state index contributed by atoms with van der Waals surface area (Å²) in [6.45, 7) is 10.3. The Balaban J connectivity index is 2.60. The van der Waals surface area contributed by atoms with Gasteiger partial charge in [-0.25, -0.2) is 0 Å². The van der Waals surface area contributed by atoms with Crippen LogP contribution in [-0.4, -0.2) is 72.9 Å². The lowest BCUT2D eigenvalue weighted by molar-refractivity contribution is 0.131. The van der Waals surface area contributed by atoms with Crippen molar-refractivity contribution in [2.45, 2.75) is 64.1 Å². The summed E-state index contributed by atoms with van der Waals surface area (Å²) < 4.78 is 0. The van der Waals surface area contributed by atoms with Crippen molar-refractivity contribution in [2.75, 3.05) is 40.3 Å². The van der Waals surface area contributed by atoms with E-state index in [1.54, 1.807) is 0 Å². The van der Waals surface area contributed by atoms with Gasteiger partial charge in [0.1, 0.15) is 0 Å². The van der Waals surface area contributed by atoms with Gasteiger partial charge < -0.3 is 15.3 Å². The third kappa shape index (κ3) is 5.32. The van der Waals surface area contributed by atoms with E-state index in [1.807, 2.05) is 0 Å². The van der Waals surface area contributed by atoms with Gasteiger partial charge in [-0.05, 0) is 46.3 Å². The Morgan fingerprint density at radius 2 is 1.95 bits per heavy atom. The van der Waals surface area contributed by atoms with Crippen LogP contribution >= 0.6 is 0 Å². The Kier molecular flexibility index (Phi) is 7.45. The van der Waals surface area contributed by atoms with Crippen molar-refractivity contribution in [1.29, 1.82) is 0 Å². The Hall–Kier alpha value is -0.160. The highest BCUT2D eigenvalue weighted by Gasteiger charge is 2.40. The van der Waals surface area contributed by atoms with Gasteiger partial charge in [0.15, 0.2) is 0 Å². The van der Waals surface area contributed by atoms with Crippen molar-refractivity contribution in [3.8, 4) is 0 Å². The van der Waals surface area contributed by atoms with Gasteiger partial charge in [-0.1, -0.05) is 20.8 Å². The van der Waals surface area contributed by atoms with Crippen LogP contribution in [0.4, 0.5) is 0 Å². The van der Waals surface area contributed by atoms with Crippen molar-refractivity contribution >= 4 is 0 Å². The second-order valence-electron chi connectivity index (χ2n) is 6.97. The van der Waals surface area contributed by atoms with Gasteiger partial charge in [-0.15, -0.1) is 0 Å². The number of likely N-dealkylation sites (N-methyl/N-ethyl adjacent to an activating group) is 1. The number of nitrogens with zero attached hydrogens (tertiary/aromatic N) is 2. The van der Waals surface area contributed by atoms with Crippen molar-refractivity contribution < 1.29 is 5.11 Å². The zero-order chi connectivity index (χ0) is 15.2. The van der Waals surface area contributed by atoms with E-state index in [1.165, 1.54) is 19.4 Å². The van der Waals surface area contributed by atoms with Gasteiger partial charge in [-0.2, -0.15) is 0 Å². The van der Waals surface area contributed by atoms with E-state index in [-0.39, 0.29) is 12.1 Å². The SMILES string of the molecule is CCCN(CCN(C)C)C1CCC(CO)(NC(C)C)C1. The molecule has 0 aromatic rings. The van der Waals surface area contributed by atoms with Crippen LogP contribution in [0.1, 0.15) is 46.5 Å². The molecule has 1 aliphatic carbocycles. The number of hydrogen-bond donors (Lipinski definition) is 2. The minimum absolute atomic E-state index is 0.0526. The van der Waals surface area contributed by atoms with E-state index in [2.05, 4.69) is 50.0 Å². The summed E-state index contributed by atoms with van der Waals surface area (Å²) in [4.78, 5) is 4.88. The molecule has 4 heteroatoms. The van der Waals surface area contributed by atoms with Crippen molar-refractivity contribution in [3.05, 3.63) is 0 Å². The number of rotatable bonds is 9. The molecule has 0 aromatic carbocycles. The molecule has 0 aliphatic heterocycles. The second kappa shape index (κ2) is 8.32. The molecule has 2 unspecified atom stereocenters. The van der Waals surface area contributed by atoms with E-state index >= 15 is 0 Å². The summed E-state index contributed by atoms with van der Waals surface area (Å²) in [6, 6.07) is 1.05. The molecular weight excluding hydrogens is 250 g/mol. The highest BCUT2D eigenvalue weighted by atomic mass is 16.3. The van der Waals surface area contributed by atoms with Crippen molar-refractivity contribution in [3.63, 3.8) is 0 Å². The number of hydrogen-bond acceptors (Lipinski definition) is 4. The highest BCUT2D eigenvalue weighted by molar-refractivity contribution is 5.00. The second-order valence-corrected chi connectivity index (χ2v) is 6.97. The van der Waals surface area contributed by atoms with Crippen molar-refractivity contribution in [2.24, 2.45) is 0 Å². The zero-order valence-corrected chi connectivity index (χ0v) is 14.2. The van der Waals surface area contributed by atoms with Crippen LogP contribution in [0, 0.1) is 0 Å². The summed E-state index contributed by atoms with van der Waals surface area (Å²) in [5.41, 5.74) is -0.0526. The van der Waals surface area contributed by atoms with Gasteiger partial charge in [0, 0.05) is 30.7 Å². The molecule has 0 amide bonds. The minimum atomic E-state index is -0.0526. The standard InChI is InChI=1S/C16H35N3O/c1-6-9-19(11-10-18(4)5)15-7-8-16(12-15,13-20)17-14(2)3/h14-15,17,20H,6-13H2,1-5H3. The predicted octanol–water partition coefficient (Wildman–Crippen LogP) is 1.54. The molecule has 1 saturated carbocycles. The lowest BCUT2D eigenvalue weighted by Gasteiger charge is -2.34. The fourth-order valence-electron chi connectivity index (χ4n) is 3.44. The van der Waals surface area contributed by atoms with Gasteiger partial charge in [0.25, 0.3) is 0 Å². The maximum absolute atomic E-state index is 9.82. The molecule has 4 nitrogen and oxygen atoms in total. The third-order valence-corrected chi connectivity index (χ3v) is 4.34. The van der Waals surface area contributed by atoms with Crippen molar-refractivity contribution in [1.82, 2.24) is 15.1 Å². The molecule has 1 aliphatic rings. The van der Waals surface area contributed by atoms with Crippen LogP contribution in [0.3, 0.4) is 0 Å². The number of aliphatic hydroxyl groups is 1. The average Bonchev–Trinajstić information content (AvgIpc) is 2.78. The summed E-state index contributed by atoms with van der Waals surface area (Å²) >= 11 is 0. The third-order valence-electron chi connectivity index (χ3n) is 4.34. The molecular formula is C16H35N3O. The topological polar surface area (TPSA) is 38.7 Å². The van der Waals surface area contributed by atoms with E-state index in [9.17, 15) is 5.11 Å². The minimum Gasteiger partial charge on any atom is -0.394 e. The molecule has 1 rings (SSSR count). The van der Waals surface area contributed by atoms with E-state index in [4.69, 9.17) is 0 Å². The van der Waals surface area contributed by atoms with Gasteiger partial charge in [0.05, 0.1) is 6.61 Å². The van der Waals surface area contributed by atoms with Gasteiger partial charge >= 0.3 is 0 Å². The first-order chi connectivity index (χ1) is 9.42. The summed E-state index contributed by atoms with van der Waals surface area (Å²) in [6.07, 6.45) is 4.57. The van der Waals surface area contributed by atoms with Crippen LogP contribution in [0.2, 0.25) is 0 Å². The van der Waals surface area contributed by atoms with Gasteiger partial charge in [0.2, 0.25) is 0 Å². The fourth-order valence-corrected chi connectivity index (χ4v) is 3.44. The predicted molar refractivity (Wildman–Crippen MR) is 86.1 cm³/mol. The molecule has 0 heterocycles. The van der Waals surface area contributed by atoms with Crippen LogP contribution < -0.4 is 5.32 Å². The maximum atomic E-state index is 9.82. The zero-order valence-electron chi connectivity index (χ0n) is 14.2. The van der Waals surface area contributed by atoms with Gasteiger partial charge in [-0.3, -0.25) is 4.90 Å². The molecule has 20 heavy (non-hydrogen) atoms. The lowest BCUT2D eigenvalue weighted by atomic mass is 9.97. The summed E-state index contributed by atoms with van der Waals surface area (Å²) in [7, 11) is 4.27. The molecule has 1 fully saturated rings. The van der Waals surface area contributed by atoms with Crippen LogP contribution in [0.5, 0.6) is 0 Å². The maximum Gasteiger partial charge on any atom is 0.0614 e. The molecule has 0 spiro atoms. The molecule has 2 N–H and O–H groups in total. The van der Waals surface area contributed by atoms with Crippen LogP contribution in [0.25, 0.3) is 0 Å². The quantitative estimate of drug-likeness (QED) is 0.674. The Morgan fingerprint density at radius 1 is 1.25 bits per heavy atom. The average molecular weight is 285 g/mol. The van der Waals surface area contributed by atoms with Crippen LogP contribution in [-0.2, 0) is 0 Å². The smallest absolute Gasteiger partial charge is 0.0614 e. The molecule has 0 saturated heterocycles. The van der Waals surface area contributed by atoms with E-state index in [0.29, 0.717) is 12.1 Å². The highest BCUT2D eigenvalue weighted by Crippen LogP contribution is 2.33. The molecule has 120 valence electrons. The monoisotopic (exact) mass is 285 g/mol. The first-order valence-electron chi connectivity index (χ1n) is 8.20. The lowest BCUT2D eigenvalue weighted by Crippen LogP contribution is -2.51.